The summed E-state index contributed by atoms with van der Waals surface area (Å²) in [6.07, 6.45) is 3.81. The molecule has 0 aliphatic carbocycles. The Morgan fingerprint density at radius 1 is 1.57 bits per heavy atom. The summed E-state index contributed by atoms with van der Waals surface area (Å²) < 4.78 is 5.65. The minimum atomic E-state index is -0.705. The van der Waals surface area contributed by atoms with Crippen molar-refractivity contribution in [2.24, 2.45) is 5.41 Å². The van der Waals surface area contributed by atoms with Crippen molar-refractivity contribution in [3.8, 4) is 0 Å². The van der Waals surface area contributed by atoms with Gasteiger partial charge in [-0.3, -0.25) is 4.79 Å². The van der Waals surface area contributed by atoms with Crippen LogP contribution in [0.1, 0.15) is 46.5 Å². The summed E-state index contributed by atoms with van der Waals surface area (Å²) in [5, 5.41) is 9.10. The standard InChI is InChI=1S/C11H20O3/c1-4-11(3,10(12)13)7-9-6-5-8(2)14-9/h8-9H,4-7H2,1-3H3,(H,12,13). The first-order valence-corrected chi connectivity index (χ1v) is 5.37. The molecule has 0 aromatic rings. The molecule has 0 spiro atoms. The number of carboxylic acids is 1. The molecule has 0 amide bonds. The third-order valence-electron chi connectivity index (χ3n) is 3.29. The van der Waals surface area contributed by atoms with Crippen molar-refractivity contribution in [1.29, 1.82) is 0 Å². The Morgan fingerprint density at radius 3 is 2.57 bits per heavy atom. The molecule has 1 rings (SSSR count). The van der Waals surface area contributed by atoms with E-state index in [2.05, 4.69) is 0 Å². The number of ether oxygens (including phenoxy) is 1. The van der Waals surface area contributed by atoms with Gasteiger partial charge in [0.05, 0.1) is 17.6 Å². The average Bonchev–Trinajstić information content (AvgIpc) is 2.50. The second-order valence-corrected chi connectivity index (χ2v) is 4.57. The van der Waals surface area contributed by atoms with Gasteiger partial charge >= 0.3 is 5.97 Å². The number of hydrogen-bond donors (Lipinski definition) is 1. The summed E-state index contributed by atoms with van der Waals surface area (Å²) in [4.78, 5) is 11.1. The van der Waals surface area contributed by atoms with Crippen LogP contribution in [-0.4, -0.2) is 23.3 Å². The van der Waals surface area contributed by atoms with Gasteiger partial charge in [-0.1, -0.05) is 6.92 Å². The van der Waals surface area contributed by atoms with Crippen LogP contribution in [0.2, 0.25) is 0 Å². The van der Waals surface area contributed by atoms with E-state index < -0.39 is 11.4 Å². The lowest BCUT2D eigenvalue weighted by Crippen LogP contribution is -2.31. The predicted molar refractivity (Wildman–Crippen MR) is 54.2 cm³/mol. The van der Waals surface area contributed by atoms with Crippen molar-refractivity contribution >= 4 is 5.97 Å². The molecule has 3 heteroatoms. The van der Waals surface area contributed by atoms with Gasteiger partial charge in [-0.2, -0.15) is 0 Å². The van der Waals surface area contributed by atoms with E-state index in [-0.39, 0.29) is 6.10 Å². The molecule has 1 heterocycles. The van der Waals surface area contributed by atoms with Crippen LogP contribution in [0.25, 0.3) is 0 Å². The molecule has 0 aromatic carbocycles. The van der Waals surface area contributed by atoms with Gasteiger partial charge in [-0.25, -0.2) is 0 Å². The van der Waals surface area contributed by atoms with E-state index in [1.165, 1.54) is 0 Å². The van der Waals surface area contributed by atoms with Crippen LogP contribution in [0, 0.1) is 5.41 Å². The Kier molecular flexibility index (Phi) is 3.53. The molecule has 3 nitrogen and oxygen atoms in total. The maximum absolute atomic E-state index is 11.1. The predicted octanol–water partition coefficient (Wildman–Crippen LogP) is 2.44. The van der Waals surface area contributed by atoms with Gasteiger partial charge in [0.15, 0.2) is 0 Å². The molecule has 82 valence electrons. The second-order valence-electron chi connectivity index (χ2n) is 4.57. The van der Waals surface area contributed by atoms with Crippen molar-refractivity contribution in [1.82, 2.24) is 0 Å². The maximum Gasteiger partial charge on any atom is 0.309 e. The van der Waals surface area contributed by atoms with E-state index in [0.717, 1.165) is 12.8 Å². The van der Waals surface area contributed by atoms with E-state index in [4.69, 9.17) is 9.84 Å². The van der Waals surface area contributed by atoms with Gasteiger partial charge in [0.2, 0.25) is 0 Å². The van der Waals surface area contributed by atoms with Crippen molar-refractivity contribution in [3.63, 3.8) is 0 Å². The number of aliphatic carboxylic acids is 1. The van der Waals surface area contributed by atoms with Gasteiger partial charge in [0, 0.05) is 0 Å². The normalized spacial score (nSPS) is 31.4. The molecule has 3 unspecified atom stereocenters. The Labute approximate surface area is 85.5 Å². The highest BCUT2D eigenvalue weighted by Crippen LogP contribution is 2.33. The smallest absolute Gasteiger partial charge is 0.309 e. The number of carbonyl (C=O) groups is 1. The first-order valence-electron chi connectivity index (χ1n) is 5.37. The van der Waals surface area contributed by atoms with Crippen LogP contribution >= 0.6 is 0 Å². The van der Waals surface area contributed by atoms with E-state index in [9.17, 15) is 4.79 Å². The number of rotatable bonds is 4. The van der Waals surface area contributed by atoms with Crippen LogP contribution in [-0.2, 0) is 9.53 Å². The molecule has 3 atom stereocenters. The third kappa shape index (κ3) is 2.47. The highest BCUT2D eigenvalue weighted by Gasteiger charge is 2.36. The lowest BCUT2D eigenvalue weighted by Gasteiger charge is -2.26. The van der Waals surface area contributed by atoms with Crippen molar-refractivity contribution in [2.45, 2.75) is 58.7 Å². The van der Waals surface area contributed by atoms with Gasteiger partial charge < -0.3 is 9.84 Å². The van der Waals surface area contributed by atoms with E-state index >= 15 is 0 Å². The highest BCUT2D eigenvalue weighted by molar-refractivity contribution is 5.74. The second kappa shape index (κ2) is 4.30. The van der Waals surface area contributed by atoms with Crippen molar-refractivity contribution < 1.29 is 14.6 Å². The molecular weight excluding hydrogens is 180 g/mol. The summed E-state index contributed by atoms with van der Waals surface area (Å²) in [6, 6.07) is 0. The first-order chi connectivity index (χ1) is 6.48. The third-order valence-corrected chi connectivity index (χ3v) is 3.29. The molecule has 0 aromatic heterocycles. The summed E-state index contributed by atoms with van der Waals surface area (Å²) in [5.41, 5.74) is -0.616. The molecule has 0 radical (unpaired) electrons. The van der Waals surface area contributed by atoms with Gasteiger partial charge in [0.1, 0.15) is 0 Å². The Hall–Kier alpha value is -0.570. The highest BCUT2D eigenvalue weighted by atomic mass is 16.5. The molecule has 14 heavy (non-hydrogen) atoms. The fraction of sp³-hybridized carbons (Fsp3) is 0.909. The number of hydrogen-bond acceptors (Lipinski definition) is 2. The van der Waals surface area contributed by atoms with Crippen molar-refractivity contribution in [3.05, 3.63) is 0 Å². The Balaban J connectivity index is 2.52. The van der Waals surface area contributed by atoms with Crippen LogP contribution < -0.4 is 0 Å². The quantitative estimate of drug-likeness (QED) is 0.758. The fourth-order valence-corrected chi connectivity index (χ4v) is 1.92. The van der Waals surface area contributed by atoms with Gasteiger partial charge in [-0.05, 0) is 39.5 Å². The minimum Gasteiger partial charge on any atom is -0.481 e. The minimum absolute atomic E-state index is 0.144. The van der Waals surface area contributed by atoms with Crippen LogP contribution in [0.4, 0.5) is 0 Å². The summed E-state index contributed by atoms with van der Waals surface area (Å²) >= 11 is 0. The maximum atomic E-state index is 11.1. The Bertz CT molecular complexity index is 215. The first kappa shape index (κ1) is 11.5. The van der Waals surface area contributed by atoms with Crippen LogP contribution in [0.15, 0.2) is 0 Å². The van der Waals surface area contributed by atoms with E-state index in [0.29, 0.717) is 18.9 Å². The molecule has 0 bridgehead atoms. The van der Waals surface area contributed by atoms with Gasteiger partial charge in [-0.15, -0.1) is 0 Å². The SMILES string of the molecule is CCC(C)(CC1CCC(C)O1)C(=O)O. The van der Waals surface area contributed by atoms with Crippen LogP contribution in [0.5, 0.6) is 0 Å². The molecule has 1 fully saturated rings. The molecule has 0 saturated carbocycles. The fourth-order valence-electron chi connectivity index (χ4n) is 1.92. The monoisotopic (exact) mass is 200 g/mol. The average molecular weight is 200 g/mol. The molecular formula is C11H20O3. The van der Waals surface area contributed by atoms with Gasteiger partial charge in [0.25, 0.3) is 0 Å². The molecule has 1 aliphatic rings. The summed E-state index contributed by atoms with van der Waals surface area (Å²) in [7, 11) is 0. The lowest BCUT2D eigenvalue weighted by atomic mass is 9.81. The Morgan fingerprint density at radius 2 is 2.21 bits per heavy atom. The van der Waals surface area contributed by atoms with E-state index in [1.807, 2.05) is 20.8 Å². The zero-order valence-electron chi connectivity index (χ0n) is 9.25. The summed E-state index contributed by atoms with van der Waals surface area (Å²) in [5.74, 6) is -0.705. The topological polar surface area (TPSA) is 46.5 Å². The molecule has 1 aliphatic heterocycles. The van der Waals surface area contributed by atoms with Crippen molar-refractivity contribution in [2.75, 3.05) is 0 Å². The zero-order chi connectivity index (χ0) is 10.8. The van der Waals surface area contributed by atoms with E-state index in [1.54, 1.807) is 0 Å². The molecule has 1 saturated heterocycles. The number of carboxylic acid groups (broad SMARTS) is 1. The summed E-state index contributed by atoms with van der Waals surface area (Å²) in [6.45, 7) is 5.78. The lowest BCUT2D eigenvalue weighted by molar-refractivity contribution is -0.150. The van der Waals surface area contributed by atoms with Crippen LogP contribution in [0.3, 0.4) is 0 Å². The molecule has 1 N–H and O–H groups in total. The zero-order valence-corrected chi connectivity index (χ0v) is 9.25. The largest absolute Gasteiger partial charge is 0.481 e.